The number of rotatable bonds is 5. The topological polar surface area (TPSA) is 34.0 Å². The standard InChI is InChI=1S/C28H29F3N4/c1-34-16-11-22-18-24(28(29,30)31)23(19-26(22)34)27-25(5-2-12-33-27)35-15-3-4-20(10-17-35)6-7-21-8-13-32-14-9-21/h2,5,8-9,11-14,16,18-20H,3-4,6-7,10,15,17H2,1H3. The highest BCUT2D eigenvalue weighted by atomic mass is 19.4. The minimum atomic E-state index is -4.47. The van der Waals surface area contributed by atoms with Crippen molar-refractivity contribution in [3.8, 4) is 11.3 Å². The number of hydrogen-bond donors (Lipinski definition) is 0. The summed E-state index contributed by atoms with van der Waals surface area (Å²) in [5, 5.41) is 0.577. The number of hydrogen-bond acceptors (Lipinski definition) is 3. The van der Waals surface area contributed by atoms with Crippen LogP contribution in [0.5, 0.6) is 0 Å². The Bertz CT molecular complexity index is 1300. The van der Waals surface area contributed by atoms with E-state index in [-0.39, 0.29) is 5.56 Å². The van der Waals surface area contributed by atoms with Crippen molar-refractivity contribution in [3.63, 3.8) is 0 Å². The predicted molar refractivity (Wildman–Crippen MR) is 133 cm³/mol. The molecule has 0 saturated carbocycles. The van der Waals surface area contributed by atoms with Crippen molar-refractivity contribution in [1.29, 1.82) is 0 Å². The van der Waals surface area contributed by atoms with Gasteiger partial charge in [-0.25, -0.2) is 0 Å². The van der Waals surface area contributed by atoms with Crippen LogP contribution in [-0.2, 0) is 19.6 Å². The number of pyridine rings is 2. The first-order chi connectivity index (χ1) is 16.9. The van der Waals surface area contributed by atoms with Crippen LogP contribution in [0.2, 0.25) is 0 Å². The average Bonchev–Trinajstić information content (AvgIpc) is 3.07. The SMILES string of the molecule is Cn1ccc2cc(C(F)(F)F)c(-c3ncccc3N3CCCC(CCc4ccncc4)CC3)cc21. The van der Waals surface area contributed by atoms with Gasteiger partial charge in [0.1, 0.15) is 0 Å². The number of benzene rings is 1. The highest BCUT2D eigenvalue weighted by molar-refractivity contribution is 5.89. The molecule has 1 atom stereocenters. The van der Waals surface area contributed by atoms with Gasteiger partial charge in [-0.2, -0.15) is 13.2 Å². The van der Waals surface area contributed by atoms with Crippen LogP contribution in [0.25, 0.3) is 22.2 Å². The zero-order valence-corrected chi connectivity index (χ0v) is 19.8. The first-order valence-electron chi connectivity index (χ1n) is 12.2. The third kappa shape index (κ3) is 5.04. The zero-order valence-electron chi connectivity index (χ0n) is 19.8. The van der Waals surface area contributed by atoms with Crippen LogP contribution in [0, 0.1) is 5.92 Å². The molecular weight excluding hydrogens is 449 g/mol. The summed E-state index contributed by atoms with van der Waals surface area (Å²) in [4.78, 5) is 10.8. The lowest BCUT2D eigenvalue weighted by molar-refractivity contribution is -0.137. The van der Waals surface area contributed by atoms with Gasteiger partial charge >= 0.3 is 6.18 Å². The monoisotopic (exact) mass is 478 g/mol. The van der Waals surface area contributed by atoms with E-state index in [1.54, 1.807) is 24.5 Å². The molecule has 0 N–H and O–H groups in total. The van der Waals surface area contributed by atoms with Gasteiger partial charge in [-0.3, -0.25) is 9.97 Å². The molecule has 3 aromatic heterocycles. The Hall–Kier alpha value is -3.35. The second-order valence-electron chi connectivity index (χ2n) is 9.43. The van der Waals surface area contributed by atoms with Crippen LogP contribution < -0.4 is 4.90 Å². The molecule has 4 aromatic rings. The lowest BCUT2D eigenvalue weighted by Crippen LogP contribution is -2.25. The fraction of sp³-hybridized carbons (Fsp3) is 0.357. The maximum absolute atomic E-state index is 14.1. The summed E-state index contributed by atoms with van der Waals surface area (Å²) in [5.41, 5.74) is 2.74. The predicted octanol–water partition coefficient (Wildman–Crippen LogP) is 6.89. The fourth-order valence-electron chi connectivity index (χ4n) is 5.22. The molecule has 0 aliphatic carbocycles. The molecule has 4 nitrogen and oxygen atoms in total. The van der Waals surface area contributed by atoms with Crippen LogP contribution in [0.4, 0.5) is 18.9 Å². The number of anilines is 1. The molecule has 1 unspecified atom stereocenters. The Morgan fingerprint density at radius 1 is 1.00 bits per heavy atom. The Morgan fingerprint density at radius 3 is 2.63 bits per heavy atom. The number of alkyl halides is 3. The first kappa shape index (κ1) is 23.4. The van der Waals surface area contributed by atoms with Gasteiger partial charge in [-0.15, -0.1) is 0 Å². The minimum absolute atomic E-state index is 0.140. The van der Waals surface area contributed by atoms with Crippen LogP contribution >= 0.6 is 0 Å². The number of aromatic nitrogens is 3. The highest BCUT2D eigenvalue weighted by Crippen LogP contribution is 2.42. The molecule has 0 bridgehead atoms. The summed E-state index contributed by atoms with van der Waals surface area (Å²) < 4.78 is 44.2. The molecule has 1 saturated heterocycles. The van der Waals surface area contributed by atoms with Crippen LogP contribution in [0.1, 0.15) is 36.8 Å². The van der Waals surface area contributed by atoms with Gasteiger partial charge in [0, 0.05) is 61.4 Å². The minimum Gasteiger partial charge on any atom is -0.370 e. The van der Waals surface area contributed by atoms with Gasteiger partial charge in [-0.1, -0.05) is 0 Å². The van der Waals surface area contributed by atoms with E-state index in [9.17, 15) is 13.2 Å². The molecule has 0 radical (unpaired) electrons. The van der Waals surface area contributed by atoms with Gasteiger partial charge in [0.15, 0.2) is 0 Å². The van der Waals surface area contributed by atoms with Crippen LogP contribution in [0.3, 0.4) is 0 Å². The molecular formula is C28H29F3N4. The van der Waals surface area contributed by atoms with Crippen molar-refractivity contribution in [2.45, 2.75) is 38.3 Å². The molecule has 1 aliphatic rings. The van der Waals surface area contributed by atoms with Crippen molar-refractivity contribution in [2.24, 2.45) is 13.0 Å². The van der Waals surface area contributed by atoms with Crippen LogP contribution in [-0.4, -0.2) is 27.6 Å². The van der Waals surface area contributed by atoms with E-state index in [2.05, 4.69) is 27.0 Å². The number of fused-ring (bicyclic) bond motifs is 1. The maximum Gasteiger partial charge on any atom is 0.417 e. The number of nitrogens with zero attached hydrogens (tertiary/aromatic N) is 4. The smallest absolute Gasteiger partial charge is 0.370 e. The van der Waals surface area contributed by atoms with Crippen molar-refractivity contribution in [1.82, 2.24) is 14.5 Å². The maximum atomic E-state index is 14.1. The van der Waals surface area contributed by atoms with Gasteiger partial charge in [0.05, 0.1) is 16.9 Å². The molecule has 0 spiro atoms. The van der Waals surface area contributed by atoms with E-state index in [0.29, 0.717) is 17.0 Å². The van der Waals surface area contributed by atoms with Crippen molar-refractivity contribution < 1.29 is 13.2 Å². The third-order valence-electron chi connectivity index (χ3n) is 7.15. The van der Waals surface area contributed by atoms with Gasteiger partial charge < -0.3 is 9.47 Å². The number of halogens is 3. The molecule has 5 rings (SSSR count). The van der Waals surface area contributed by atoms with Crippen molar-refractivity contribution in [2.75, 3.05) is 18.0 Å². The molecule has 0 amide bonds. The summed E-state index contributed by atoms with van der Waals surface area (Å²) in [6.07, 6.45) is 7.85. The second-order valence-corrected chi connectivity index (χ2v) is 9.43. The summed E-state index contributed by atoms with van der Waals surface area (Å²) in [6.45, 7) is 1.63. The Labute approximate surface area is 203 Å². The lowest BCUT2D eigenvalue weighted by atomic mass is 9.93. The summed E-state index contributed by atoms with van der Waals surface area (Å²) in [7, 11) is 1.85. The fourth-order valence-corrected chi connectivity index (χ4v) is 5.22. The van der Waals surface area contributed by atoms with E-state index in [1.807, 2.05) is 36.1 Å². The van der Waals surface area contributed by atoms with Gasteiger partial charge in [0.2, 0.25) is 0 Å². The largest absolute Gasteiger partial charge is 0.417 e. The normalized spacial score (nSPS) is 17.0. The Balaban J connectivity index is 1.43. The zero-order chi connectivity index (χ0) is 24.4. The molecule has 35 heavy (non-hydrogen) atoms. The molecule has 1 fully saturated rings. The second kappa shape index (κ2) is 9.72. The van der Waals surface area contributed by atoms with E-state index in [4.69, 9.17) is 0 Å². The van der Waals surface area contributed by atoms with Gasteiger partial charge in [0.25, 0.3) is 0 Å². The Kier molecular flexibility index (Phi) is 6.50. The number of aryl methyl sites for hydroxylation is 2. The Morgan fingerprint density at radius 2 is 1.83 bits per heavy atom. The molecule has 182 valence electrons. The van der Waals surface area contributed by atoms with Gasteiger partial charge in [-0.05, 0) is 86.1 Å². The quantitative estimate of drug-likeness (QED) is 0.313. The summed E-state index contributed by atoms with van der Waals surface area (Å²) >= 11 is 0. The molecule has 4 heterocycles. The summed E-state index contributed by atoms with van der Waals surface area (Å²) in [6, 6.07) is 12.5. The summed E-state index contributed by atoms with van der Waals surface area (Å²) in [5.74, 6) is 0.596. The first-order valence-corrected chi connectivity index (χ1v) is 12.2. The van der Waals surface area contributed by atoms with Crippen LogP contribution in [0.15, 0.2) is 67.3 Å². The average molecular weight is 479 g/mol. The lowest BCUT2D eigenvalue weighted by Gasteiger charge is -2.26. The molecule has 1 aromatic carbocycles. The highest BCUT2D eigenvalue weighted by Gasteiger charge is 2.35. The van der Waals surface area contributed by atoms with E-state index in [1.165, 1.54) is 11.6 Å². The molecule has 1 aliphatic heterocycles. The van der Waals surface area contributed by atoms with E-state index in [0.717, 1.165) is 56.4 Å². The third-order valence-corrected chi connectivity index (χ3v) is 7.15. The van der Waals surface area contributed by atoms with Crippen molar-refractivity contribution >= 4 is 16.6 Å². The molecule has 7 heteroatoms. The van der Waals surface area contributed by atoms with E-state index >= 15 is 0 Å². The van der Waals surface area contributed by atoms with E-state index < -0.39 is 11.7 Å². The van der Waals surface area contributed by atoms with Crippen molar-refractivity contribution in [3.05, 3.63) is 78.4 Å².